The molecule has 0 atom stereocenters. The van der Waals surface area contributed by atoms with Crippen molar-refractivity contribution in [1.29, 1.82) is 5.26 Å². The van der Waals surface area contributed by atoms with Crippen LogP contribution in [0.15, 0.2) is 18.2 Å². The van der Waals surface area contributed by atoms with Gasteiger partial charge in [-0.15, -0.1) is 0 Å². The number of hydrogen-bond donors (Lipinski definition) is 0. The lowest BCUT2D eigenvalue weighted by molar-refractivity contribution is -0.137. The summed E-state index contributed by atoms with van der Waals surface area (Å²) in [6.07, 6.45) is -4.50. The van der Waals surface area contributed by atoms with Crippen LogP contribution in [0.5, 0.6) is 0 Å². The molecule has 2 nitrogen and oxygen atoms in total. The largest absolute Gasteiger partial charge is 0.417 e. The zero-order chi connectivity index (χ0) is 15.5. The van der Waals surface area contributed by atoms with Crippen molar-refractivity contribution in [3.8, 4) is 6.07 Å². The van der Waals surface area contributed by atoms with Crippen LogP contribution in [0.4, 0.5) is 18.9 Å². The van der Waals surface area contributed by atoms with Crippen LogP contribution >= 0.6 is 0 Å². The van der Waals surface area contributed by atoms with E-state index < -0.39 is 11.7 Å². The second-order valence-electron chi connectivity index (χ2n) is 5.48. The number of anilines is 1. The summed E-state index contributed by atoms with van der Waals surface area (Å²) < 4.78 is 38.3. The molecule has 20 heavy (non-hydrogen) atoms. The first kappa shape index (κ1) is 16.4. The van der Waals surface area contributed by atoms with Crippen LogP contribution in [0.25, 0.3) is 0 Å². The fourth-order valence-electron chi connectivity index (χ4n) is 2.06. The maximum absolute atomic E-state index is 12.8. The molecule has 0 unspecified atom stereocenters. The van der Waals surface area contributed by atoms with Gasteiger partial charge in [0.1, 0.15) is 0 Å². The number of hydrogen-bond acceptors (Lipinski definition) is 2. The number of rotatable bonds is 4. The first-order valence-corrected chi connectivity index (χ1v) is 6.54. The summed E-state index contributed by atoms with van der Waals surface area (Å²) in [4.78, 5) is 2.01. The molecule has 0 fully saturated rings. The lowest BCUT2D eigenvalue weighted by Crippen LogP contribution is -2.34. The molecule has 5 heteroatoms. The number of nitriles is 1. The molecular formula is C15H19F3N2. The lowest BCUT2D eigenvalue weighted by Gasteiger charge is -2.31. The Balaban J connectivity index is 3.24. The first-order chi connectivity index (χ1) is 9.16. The van der Waals surface area contributed by atoms with Crippen LogP contribution in [0.1, 0.15) is 38.8 Å². The van der Waals surface area contributed by atoms with Crippen molar-refractivity contribution in [2.45, 2.75) is 39.9 Å². The fourth-order valence-corrected chi connectivity index (χ4v) is 2.06. The highest BCUT2D eigenvalue weighted by Gasteiger charge is 2.33. The molecule has 110 valence electrons. The molecule has 0 saturated carbocycles. The Morgan fingerprint density at radius 1 is 1.20 bits per heavy atom. The maximum atomic E-state index is 12.8. The van der Waals surface area contributed by atoms with E-state index in [-0.39, 0.29) is 11.6 Å². The highest BCUT2D eigenvalue weighted by Crippen LogP contribution is 2.34. The Morgan fingerprint density at radius 3 is 2.20 bits per heavy atom. The number of nitrogens with zero attached hydrogens (tertiary/aromatic N) is 2. The Hall–Kier alpha value is -1.70. The summed E-state index contributed by atoms with van der Waals surface area (Å²) in [7, 11) is 0. The molecule has 1 rings (SSSR count). The van der Waals surface area contributed by atoms with Crippen LogP contribution in [0.3, 0.4) is 0 Å². The van der Waals surface area contributed by atoms with Gasteiger partial charge in [-0.1, -0.05) is 13.8 Å². The van der Waals surface area contributed by atoms with E-state index in [9.17, 15) is 13.2 Å². The summed E-state index contributed by atoms with van der Waals surface area (Å²) in [5.74, 6) is 0.380. The third-order valence-electron chi connectivity index (χ3n) is 2.95. The average molecular weight is 284 g/mol. The molecule has 0 heterocycles. The molecule has 0 aliphatic heterocycles. The van der Waals surface area contributed by atoms with Crippen LogP contribution < -0.4 is 4.90 Å². The third kappa shape index (κ3) is 3.89. The zero-order valence-electron chi connectivity index (χ0n) is 12.1. The van der Waals surface area contributed by atoms with Gasteiger partial charge >= 0.3 is 6.18 Å². The van der Waals surface area contributed by atoms with Gasteiger partial charge in [0.05, 0.1) is 17.2 Å². The molecule has 1 aromatic carbocycles. The highest BCUT2D eigenvalue weighted by molar-refractivity contribution is 5.55. The van der Waals surface area contributed by atoms with Gasteiger partial charge in [0.15, 0.2) is 0 Å². The van der Waals surface area contributed by atoms with Gasteiger partial charge in [-0.2, -0.15) is 18.4 Å². The highest BCUT2D eigenvalue weighted by atomic mass is 19.4. The van der Waals surface area contributed by atoms with Crippen LogP contribution in [-0.4, -0.2) is 12.6 Å². The second kappa shape index (κ2) is 6.17. The smallest absolute Gasteiger partial charge is 0.369 e. The van der Waals surface area contributed by atoms with Gasteiger partial charge < -0.3 is 4.90 Å². The van der Waals surface area contributed by atoms with Crippen molar-refractivity contribution in [3.63, 3.8) is 0 Å². The van der Waals surface area contributed by atoms with Gasteiger partial charge in [0.25, 0.3) is 0 Å². The SMILES string of the molecule is CC(C)CN(c1ccc(C(F)(F)F)c(C#N)c1)C(C)C. The van der Waals surface area contributed by atoms with Gasteiger partial charge in [0.2, 0.25) is 0 Å². The quantitative estimate of drug-likeness (QED) is 0.817. The standard InChI is InChI=1S/C15H19F3N2/c1-10(2)9-20(11(3)4)13-5-6-14(15(16,17)18)12(7-13)8-19/h5-7,10-11H,9H2,1-4H3. The molecule has 0 spiro atoms. The molecule has 0 aliphatic carbocycles. The summed E-state index contributed by atoms with van der Waals surface area (Å²) in [5, 5.41) is 8.94. The molecule has 0 N–H and O–H groups in total. The monoisotopic (exact) mass is 284 g/mol. The first-order valence-electron chi connectivity index (χ1n) is 6.54. The van der Waals surface area contributed by atoms with E-state index in [2.05, 4.69) is 0 Å². The molecule has 0 aliphatic rings. The lowest BCUT2D eigenvalue weighted by atomic mass is 10.0. The normalized spacial score (nSPS) is 11.8. The predicted octanol–water partition coefficient (Wildman–Crippen LogP) is 4.45. The van der Waals surface area contributed by atoms with Gasteiger partial charge in [-0.3, -0.25) is 0 Å². The van der Waals surface area contributed by atoms with E-state index in [0.717, 1.165) is 12.6 Å². The molecule has 0 saturated heterocycles. The molecule has 0 amide bonds. The fraction of sp³-hybridized carbons (Fsp3) is 0.533. The van der Waals surface area contributed by atoms with E-state index in [4.69, 9.17) is 5.26 Å². The molecule has 0 aromatic heterocycles. The minimum Gasteiger partial charge on any atom is -0.369 e. The Labute approximate surface area is 117 Å². The van der Waals surface area contributed by atoms with E-state index in [1.54, 1.807) is 6.07 Å². The molecule has 0 bridgehead atoms. The van der Waals surface area contributed by atoms with Crippen LogP contribution in [0.2, 0.25) is 0 Å². The van der Waals surface area contributed by atoms with Crippen molar-refractivity contribution >= 4 is 5.69 Å². The van der Waals surface area contributed by atoms with Gasteiger partial charge in [0, 0.05) is 18.3 Å². The minimum absolute atomic E-state index is 0.153. The van der Waals surface area contributed by atoms with Crippen molar-refractivity contribution in [2.75, 3.05) is 11.4 Å². The predicted molar refractivity (Wildman–Crippen MR) is 73.5 cm³/mol. The number of alkyl halides is 3. The summed E-state index contributed by atoms with van der Waals surface area (Å²) in [5.41, 5.74) is -0.556. The number of benzene rings is 1. The van der Waals surface area contributed by atoms with Crippen molar-refractivity contribution in [3.05, 3.63) is 29.3 Å². The average Bonchev–Trinajstić information content (AvgIpc) is 2.33. The Morgan fingerprint density at radius 2 is 1.80 bits per heavy atom. The summed E-state index contributed by atoms with van der Waals surface area (Å²) >= 11 is 0. The Kier molecular flexibility index (Phi) is 5.04. The van der Waals surface area contributed by atoms with E-state index in [0.29, 0.717) is 11.6 Å². The minimum atomic E-state index is -4.50. The second-order valence-corrected chi connectivity index (χ2v) is 5.48. The van der Waals surface area contributed by atoms with Crippen LogP contribution in [0, 0.1) is 17.2 Å². The topological polar surface area (TPSA) is 27.0 Å². The molecular weight excluding hydrogens is 265 g/mol. The zero-order valence-corrected chi connectivity index (χ0v) is 12.1. The van der Waals surface area contributed by atoms with Crippen molar-refractivity contribution in [1.82, 2.24) is 0 Å². The van der Waals surface area contributed by atoms with Gasteiger partial charge in [-0.25, -0.2) is 0 Å². The van der Waals surface area contributed by atoms with E-state index >= 15 is 0 Å². The van der Waals surface area contributed by atoms with E-state index in [1.165, 1.54) is 12.1 Å². The van der Waals surface area contributed by atoms with Crippen LogP contribution in [-0.2, 0) is 6.18 Å². The van der Waals surface area contributed by atoms with E-state index in [1.807, 2.05) is 32.6 Å². The molecule has 0 radical (unpaired) electrons. The third-order valence-corrected chi connectivity index (χ3v) is 2.95. The summed E-state index contributed by atoms with van der Waals surface area (Å²) in [6.45, 7) is 8.78. The maximum Gasteiger partial charge on any atom is 0.417 e. The summed E-state index contributed by atoms with van der Waals surface area (Å²) in [6, 6.07) is 5.55. The molecule has 1 aromatic rings. The van der Waals surface area contributed by atoms with Gasteiger partial charge in [-0.05, 0) is 38.0 Å². The van der Waals surface area contributed by atoms with Crippen molar-refractivity contribution < 1.29 is 13.2 Å². The number of halogens is 3. The van der Waals surface area contributed by atoms with Crippen molar-refractivity contribution in [2.24, 2.45) is 5.92 Å². The Bertz CT molecular complexity index is 499.